The highest BCUT2D eigenvalue weighted by atomic mass is 35.5. The van der Waals surface area contributed by atoms with Gasteiger partial charge >= 0.3 is 0 Å². The molecule has 0 radical (unpaired) electrons. The summed E-state index contributed by atoms with van der Waals surface area (Å²) in [4.78, 5) is 22.1. The largest absolute Gasteiger partial charge is 0.302 e. The third kappa shape index (κ3) is 5.23. The number of carbonyl (C=O) groups excluding carboxylic acids is 1. The van der Waals surface area contributed by atoms with E-state index in [0.29, 0.717) is 22.3 Å². The first-order valence-electron chi connectivity index (χ1n) is 9.18. The lowest BCUT2D eigenvalue weighted by Crippen LogP contribution is -2.38. The highest BCUT2D eigenvalue weighted by Crippen LogP contribution is 2.31. The zero-order valence-electron chi connectivity index (χ0n) is 16.3. The Morgan fingerprint density at radius 1 is 1.11 bits per heavy atom. The lowest BCUT2D eigenvalue weighted by molar-refractivity contribution is 0.0983. The average molecular weight is 438 g/mol. The van der Waals surface area contributed by atoms with Gasteiger partial charge in [-0.25, -0.2) is 4.98 Å². The second-order valence-electron chi connectivity index (χ2n) is 6.46. The van der Waals surface area contributed by atoms with E-state index in [1.54, 1.807) is 4.90 Å². The van der Waals surface area contributed by atoms with Crippen molar-refractivity contribution in [1.29, 1.82) is 0 Å². The monoisotopic (exact) mass is 437 g/mol. The van der Waals surface area contributed by atoms with Crippen LogP contribution in [0.1, 0.15) is 29.8 Å². The normalized spacial score (nSPS) is 10.9. The van der Waals surface area contributed by atoms with Crippen LogP contribution in [0.2, 0.25) is 5.02 Å². The Kier molecular flexibility index (Phi) is 8.25. The Morgan fingerprint density at radius 2 is 1.86 bits per heavy atom. The van der Waals surface area contributed by atoms with Crippen LogP contribution in [-0.2, 0) is 0 Å². The number of aromatic nitrogens is 1. The molecule has 1 amide bonds. The Bertz CT molecular complexity index is 940. The van der Waals surface area contributed by atoms with Crippen LogP contribution >= 0.6 is 35.3 Å². The van der Waals surface area contributed by atoms with E-state index in [9.17, 15) is 4.79 Å². The molecule has 1 aromatic heterocycles. The molecule has 0 spiro atoms. The predicted octanol–water partition coefficient (Wildman–Crippen LogP) is 5.67. The standard InChI is InChI=1S/C21H24ClN3OS.ClH/c1-4-24(5-2)11-12-25(20(26)16-8-6-7-15(3)13-16)21-23-18-10-9-17(22)14-19(18)27-21;/h6-10,13-14H,4-5,11-12H2,1-3H3;1H. The number of hydrogen-bond donors (Lipinski definition) is 0. The number of aryl methyl sites for hydroxylation is 1. The fraction of sp³-hybridized carbons (Fsp3) is 0.333. The van der Waals surface area contributed by atoms with Gasteiger partial charge in [-0.1, -0.05) is 54.5 Å². The molecule has 0 bridgehead atoms. The van der Waals surface area contributed by atoms with Gasteiger partial charge in [0.2, 0.25) is 0 Å². The SMILES string of the molecule is CCN(CC)CCN(C(=O)c1cccc(C)c1)c1nc2ccc(Cl)cc2s1.Cl. The molecule has 7 heteroatoms. The fourth-order valence-corrected chi connectivity index (χ4v) is 4.27. The van der Waals surface area contributed by atoms with Crippen molar-refractivity contribution in [2.45, 2.75) is 20.8 Å². The lowest BCUT2D eigenvalue weighted by Gasteiger charge is -2.24. The van der Waals surface area contributed by atoms with Gasteiger partial charge < -0.3 is 4.90 Å². The topological polar surface area (TPSA) is 36.4 Å². The number of nitrogens with zero attached hydrogens (tertiary/aromatic N) is 3. The Hall–Kier alpha value is -1.66. The molecule has 2 aromatic carbocycles. The van der Waals surface area contributed by atoms with Crippen LogP contribution in [0.4, 0.5) is 5.13 Å². The van der Waals surface area contributed by atoms with Gasteiger partial charge in [0.05, 0.1) is 10.2 Å². The van der Waals surface area contributed by atoms with Gasteiger partial charge in [0, 0.05) is 23.7 Å². The maximum atomic E-state index is 13.3. The molecular weight excluding hydrogens is 413 g/mol. The first-order chi connectivity index (χ1) is 13.0. The van der Waals surface area contributed by atoms with Crippen LogP contribution in [0.3, 0.4) is 0 Å². The smallest absolute Gasteiger partial charge is 0.260 e. The second-order valence-corrected chi connectivity index (χ2v) is 7.91. The van der Waals surface area contributed by atoms with E-state index in [4.69, 9.17) is 16.6 Å². The number of likely N-dealkylation sites (N-methyl/N-ethyl adjacent to an activating group) is 1. The van der Waals surface area contributed by atoms with Gasteiger partial charge in [-0.3, -0.25) is 9.69 Å². The summed E-state index contributed by atoms with van der Waals surface area (Å²) < 4.78 is 0.988. The molecular formula is C21H25Cl2N3OS. The average Bonchev–Trinajstić information content (AvgIpc) is 3.07. The summed E-state index contributed by atoms with van der Waals surface area (Å²) >= 11 is 7.62. The number of rotatable bonds is 7. The summed E-state index contributed by atoms with van der Waals surface area (Å²) in [6, 6.07) is 13.3. The fourth-order valence-electron chi connectivity index (χ4n) is 3.00. The van der Waals surface area contributed by atoms with Crippen LogP contribution < -0.4 is 4.90 Å². The number of halogens is 2. The second kappa shape index (κ2) is 10.2. The van der Waals surface area contributed by atoms with Crippen LogP contribution in [0, 0.1) is 6.92 Å². The van der Waals surface area contributed by atoms with Gasteiger partial charge in [-0.15, -0.1) is 12.4 Å². The molecule has 1 heterocycles. The number of anilines is 1. The number of fused-ring (bicyclic) bond motifs is 1. The van der Waals surface area contributed by atoms with Crippen molar-refractivity contribution in [3.8, 4) is 0 Å². The van der Waals surface area contributed by atoms with Crippen LogP contribution in [0.25, 0.3) is 10.2 Å². The molecule has 0 saturated carbocycles. The van der Waals surface area contributed by atoms with E-state index in [0.717, 1.165) is 35.4 Å². The van der Waals surface area contributed by atoms with Crippen LogP contribution in [0.15, 0.2) is 42.5 Å². The van der Waals surface area contributed by atoms with E-state index in [1.165, 1.54) is 11.3 Å². The highest BCUT2D eigenvalue weighted by molar-refractivity contribution is 7.22. The Balaban J connectivity index is 0.00000280. The van der Waals surface area contributed by atoms with E-state index in [-0.39, 0.29) is 18.3 Å². The molecule has 0 aliphatic heterocycles. The van der Waals surface area contributed by atoms with Gasteiger partial charge in [0.25, 0.3) is 5.91 Å². The predicted molar refractivity (Wildman–Crippen MR) is 123 cm³/mol. The van der Waals surface area contributed by atoms with Gasteiger partial charge in [-0.2, -0.15) is 0 Å². The molecule has 0 aliphatic rings. The van der Waals surface area contributed by atoms with Crippen molar-refractivity contribution in [1.82, 2.24) is 9.88 Å². The molecule has 0 saturated heterocycles. The summed E-state index contributed by atoms with van der Waals surface area (Å²) in [6.45, 7) is 9.59. The molecule has 4 nitrogen and oxygen atoms in total. The zero-order chi connectivity index (χ0) is 19.4. The third-order valence-corrected chi connectivity index (χ3v) is 5.89. The summed E-state index contributed by atoms with van der Waals surface area (Å²) in [7, 11) is 0. The van der Waals surface area contributed by atoms with E-state index in [2.05, 4.69) is 18.7 Å². The number of benzene rings is 2. The van der Waals surface area contributed by atoms with Crippen molar-refractivity contribution >= 4 is 56.6 Å². The summed E-state index contributed by atoms with van der Waals surface area (Å²) in [5.41, 5.74) is 2.62. The van der Waals surface area contributed by atoms with Gasteiger partial charge in [-0.05, 0) is 50.3 Å². The van der Waals surface area contributed by atoms with Crippen molar-refractivity contribution in [3.63, 3.8) is 0 Å². The number of thiazole rings is 1. The maximum absolute atomic E-state index is 13.3. The molecule has 0 unspecified atom stereocenters. The molecule has 3 aromatic rings. The first kappa shape index (κ1) is 22.6. The van der Waals surface area contributed by atoms with E-state index in [1.807, 2.05) is 49.4 Å². The molecule has 0 fully saturated rings. The minimum absolute atomic E-state index is 0. The number of amides is 1. The zero-order valence-corrected chi connectivity index (χ0v) is 18.7. The summed E-state index contributed by atoms with van der Waals surface area (Å²) in [6.07, 6.45) is 0. The maximum Gasteiger partial charge on any atom is 0.260 e. The van der Waals surface area contributed by atoms with E-state index < -0.39 is 0 Å². The summed E-state index contributed by atoms with van der Waals surface area (Å²) in [5.74, 6) is -0.0176. The minimum Gasteiger partial charge on any atom is -0.302 e. The molecule has 0 aliphatic carbocycles. The van der Waals surface area contributed by atoms with Crippen molar-refractivity contribution in [3.05, 3.63) is 58.6 Å². The highest BCUT2D eigenvalue weighted by Gasteiger charge is 2.22. The van der Waals surface area contributed by atoms with Crippen LogP contribution in [0.5, 0.6) is 0 Å². The molecule has 150 valence electrons. The Morgan fingerprint density at radius 3 is 2.54 bits per heavy atom. The first-order valence-corrected chi connectivity index (χ1v) is 10.4. The minimum atomic E-state index is -0.0176. The molecule has 28 heavy (non-hydrogen) atoms. The Labute approximate surface area is 181 Å². The van der Waals surface area contributed by atoms with Crippen molar-refractivity contribution < 1.29 is 4.79 Å². The van der Waals surface area contributed by atoms with Gasteiger partial charge in [0.1, 0.15) is 0 Å². The summed E-state index contributed by atoms with van der Waals surface area (Å²) in [5, 5.41) is 1.39. The molecule has 0 atom stereocenters. The van der Waals surface area contributed by atoms with E-state index >= 15 is 0 Å². The van der Waals surface area contributed by atoms with Crippen molar-refractivity contribution in [2.24, 2.45) is 0 Å². The van der Waals surface area contributed by atoms with Crippen molar-refractivity contribution in [2.75, 3.05) is 31.1 Å². The molecule has 3 rings (SSSR count). The van der Waals surface area contributed by atoms with Gasteiger partial charge in [0.15, 0.2) is 5.13 Å². The van der Waals surface area contributed by atoms with Crippen LogP contribution in [-0.4, -0.2) is 42.0 Å². The molecule has 0 N–H and O–H groups in total. The number of carbonyl (C=O) groups is 1. The third-order valence-electron chi connectivity index (χ3n) is 4.61. The lowest BCUT2D eigenvalue weighted by atomic mass is 10.1. The quantitative estimate of drug-likeness (QED) is 0.477. The number of hydrogen-bond acceptors (Lipinski definition) is 4.